The molecule has 4 N–H and O–H groups in total. The molecular formula is C21H26N2O6S. The van der Waals surface area contributed by atoms with E-state index in [2.05, 4.69) is 10.6 Å². The quantitative estimate of drug-likeness (QED) is 0.568. The number of carboxylic acids is 1. The van der Waals surface area contributed by atoms with Crippen LogP contribution in [0.25, 0.3) is 0 Å². The van der Waals surface area contributed by atoms with Crippen molar-refractivity contribution in [2.24, 2.45) is 0 Å². The van der Waals surface area contributed by atoms with Crippen molar-refractivity contribution in [1.29, 1.82) is 0 Å². The molecule has 0 aliphatic carbocycles. The lowest BCUT2D eigenvalue weighted by Gasteiger charge is -2.43. The van der Waals surface area contributed by atoms with Gasteiger partial charge in [-0.1, -0.05) is 36.4 Å². The maximum absolute atomic E-state index is 12.9. The average molecular weight is 435 g/mol. The molecule has 0 aromatic heterocycles. The molecule has 162 valence electrons. The molecule has 0 radical (unpaired) electrons. The number of aliphatic carboxylic acids is 1. The molecule has 8 nitrogen and oxygen atoms in total. The van der Waals surface area contributed by atoms with Crippen molar-refractivity contribution in [3.8, 4) is 0 Å². The van der Waals surface area contributed by atoms with Crippen LogP contribution in [0.4, 0.5) is 0 Å². The lowest BCUT2D eigenvalue weighted by atomic mass is 9.79. The number of sulfone groups is 1. The molecule has 1 amide bonds. The number of amides is 1. The molecule has 2 aromatic rings. The number of aliphatic hydroxyl groups excluding tert-OH is 1. The molecule has 1 aliphatic heterocycles. The van der Waals surface area contributed by atoms with Gasteiger partial charge in [-0.05, 0) is 36.7 Å². The Morgan fingerprint density at radius 2 is 1.77 bits per heavy atom. The summed E-state index contributed by atoms with van der Waals surface area (Å²) >= 11 is 0. The van der Waals surface area contributed by atoms with Gasteiger partial charge in [0, 0.05) is 25.3 Å². The zero-order valence-electron chi connectivity index (χ0n) is 16.8. The van der Waals surface area contributed by atoms with E-state index in [0.29, 0.717) is 19.5 Å². The van der Waals surface area contributed by atoms with Crippen molar-refractivity contribution in [2.45, 2.75) is 29.9 Å². The average Bonchev–Trinajstić information content (AvgIpc) is 2.69. The van der Waals surface area contributed by atoms with E-state index >= 15 is 0 Å². The smallest absolute Gasteiger partial charge is 0.300 e. The van der Waals surface area contributed by atoms with Gasteiger partial charge < -0.3 is 20.8 Å². The maximum atomic E-state index is 12.9. The molecule has 2 aromatic carbocycles. The maximum Gasteiger partial charge on any atom is 0.300 e. The molecule has 30 heavy (non-hydrogen) atoms. The molecule has 3 rings (SSSR count). The normalized spacial score (nSPS) is 21.1. The van der Waals surface area contributed by atoms with E-state index in [1.54, 1.807) is 12.1 Å². The number of β-amino-alcohol motifs (C(OH)–C–C–N with tert-alkyl or cyclic N) is 1. The number of hydrogen-bond donors (Lipinski definition) is 4. The third kappa shape index (κ3) is 5.88. The Balaban J connectivity index is 0.000000735. The third-order valence-corrected chi connectivity index (χ3v) is 5.86. The molecule has 9 heteroatoms. The van der Waals surface area contributed by atoms with Gasteiger partial charge in [0.15, 0.2) is 9.84 Å². The van der Waals surface area contributed by atoms with Crippen LogP contribution in [0.2, 0.25) is 0 Å². The molecule has 0 bridgehead atoms. The summed E-state index contributed by atoms with van der Waals surface area (Å²) in [4.78, 5) is 22.0. The van der Waals surface area contributed by atoms with Crippen LogP contribution < -0.4 is 10.6 Å². The Bertz CT molecular complexity index is 990. The van der Waals surface area contributed by atoms with E-state index in [1.807, 2.05) is 30.3 Å². The minimum Gasteiger partial charge on any atom is -0.481 e. The van der Waals surface area contributed by atoms with Crippen molar-refractivity contribution >= 4 is 21.7 Å². The number of benzene rings is 2. The Kier molecular flexibility index (Phi) is 7.71. The highest BCUT2D eigenvalue weighted by molar-refractivity contribution is 7.90. The minimum atomic E-state index is -3.41. The summed E-state index contributed by atoms with van der Waals surface area (Å²) in [5.74, 6) is -1.25. The van der Waals surface area contributed by atoms with E-state index in [1.165, 1.54) is 12.1 Å². The summed E-state index contributed by atoms with van der Waals surface area (Å²) in [5, 5.41) is 24.2. The highest BCUT2D eigenvalue weighted by Gasteiger charge is 2.42. The fraction of sp³-hybridized carbons (Fsp3) is 0.333. The first kappa shape index (κ1) is 23.5. The summed E-state index contributed by atoms with van der Waals surface area (Å²) in [6.45, 7) is 2.09. The van der Waals surface area contributed by atoms with Gasteiger partial charge in [-0.15, -0.1) is 0 Å². The minimum absolute atomic E-state index is 0.0878. The summed E-state index contributed by atoms with van der Waals surface area (Å²) in [7, 11) is -3.41. The second-order valence-corrected chi connectivity index (χ2v) is 9.10. The number of nitrogens with one attached hydrogen (secondary N) is 2. The molecule has 2 atom stereocenters. The molecule has 1 saturated heterocycles. The number of hydrogen-bond acceptors (Lipinski definition) is 6. The first-order valence-electron chi connectivity index (χ1n) is 9.33. The van der Waals surface area contributed by atoms with Gasteiger partial charge in [0.1, 0.15) is 0 Å². The largest absolute Gasteiger partial charge is 0.481 e. The SMILES string of the molecule is CC(=O)O.CS(=O)(=O)c1cccc(C(=O)N[C@@]2(c3ccccc3)CCNC[C@H]2O)c1. The summed E-state index contributed by atoms with van der Waals surface area (Å²) in [6.07, 6.45) is 0.822. The Morgan fingerprint density at radius 1 is 1.13 bits per heavy atom. The predicted octanol–water partition coefficient (Wildman–Crippen LogP) is 1.16. The summed E-state index contributed by atoms with van der Waals surface area (Å²) in [6, 6.07) is 15.3. The number of carbonyl (C=O) groups is 2. The van der Waals surface area contributed by atoms with Crippen LogP contribution >= 0.6 is 0 Å². The lowest BCUT2D eigenvalue weighted by Crippen LogP contribution is -2.61. The number of carbonyl (C=O) groups excluding carboxylic acids is 1. The number of rotatable bonds is 4. The highest BCUT2D eigenvalue weighted by atomic mass is 32.2. The number of carboxylic acid groups (broad SMARTS) is 1. The first-order valence-corrected chi connectivity index (χ1v) is 11.2. The highest BCUT2D eigenvalue weighted by Crippen LogP contribution is 2.31. The predicted molar refractivity (Wildman–Crippen MR) is 112 cm³/mol. The van der Waals surface area contributed by atoms with Crippen LogP contribution in [0.1, 0.15) is 29.3 Å². The van der Waals surface area contributed by atoms with Crippen molar-refractivity contribution in [3.63, 3.8) is 0 Å². The molecule has 0 unspecified atom stereocenters. The standard InChI is InChI=1S/C19H22N2O4S.C2H4O2/c1-26(24,25)16-9-5-6-14(12-16)18(23)21-19(10-11-20-13-17(19)22)15-7-3-2-4-8-15;1-2(3)4/h2-9,12,17,20,22H,10-11,13H2,1H3,(H,21,23);1H3,(H,3,4)/t17-,19-;/m1./s1. The number of aliphatic hydroxyl groups is 1. The van der Waals surface area contributed by atoms with Gasteiger partial charge in [-0.3, -0.25) is 9.59 Å². The molecular weight excluding hydrogens is 408 g/mol. The van der Waals surface area contributed by atoms with Crippen molar-refractivity contribution in [3.05, 3.63) is 65.7 Å². The van der Waals surface area contributed by atoms with E-state index < -0.39 is 33.4 Å². The van der Waals surface area contributed by atoms with E-state index in [0.717, 1.165) is 18.7 Å². The van der Waals surface area contributed by atoms with Gasteiger partial charge in [0.25, 0.3) is 11.9 Å². The van der Waals surface area contributed by atoms with Gasteiger partial charge in [0.2, 0.25) is 0 Å². The zero-order chi connectivity index (χ0) is 22.4. The van der Waals surface area contributed by atoms with E-state index in [-0.39, 0.29) is 10.5 Å². The molecule has 1 aliphatic rings. The van der Waals surface area contributed by atoms with E-state index in [4.69, 9.17) is 9.90 Å². The Hall–Kier alpha value is -2.75. The van der Waals surface area contributed by atoms with Crippen LogP contribution in [-0.4, -0.2) is 56.0 Å². The second kappa shape index (κ2) is 9.84. The van der Waals surface area contributed by atoms with Crippen LogP contribution in [0.15, 0.2) is 59.5 Å². The van der Waals surface area contributed by atoms with Crippen molar-refractivity contribution < 1.29 is 28.2 Å². The Labute approximate surface area is 175 Å². The molecule has 1 heterocycles. The second-order valence-electron chi connectivity index (χ2n) is 7.08. The van der Waals surface area contributed by atoms with Crippen molar-refractivity contribution in [2.75, 3.05) is 19.3 Å². The first-order chi connectivity index (χ1) is 14.1. The fourth-order valence-corrected chi connectivity index (χ4v) is 3.96. The van der Waals surface area contributed by atoms with Crippen LogP contribution in [0, 0.1) is 0 Å². The Morgan fingerprint density at radius 3 is 2.33 bits per heavy atom. The molecule has 0 spiro atoms. The molecule has 1 fully saturated rings. The summed E-state index contributed by atoms with van der Waals surface area (Å²) in [5.41, 5.74) is 0.139. The lowest BCUT2D eigenvalue weighted by molar-refractivity contribution is -0.134. The van der Waals surface area contributed by atoms with Gasteiger partial charge in [-0.25, -0.2) is 8.42 Å². The molecule has 0 saturated carbocycles. The van der Waals surface area contributed by atoms with Gasteiger partial charge in [-0.2, -0.15) is 0 Å². The van der Waals surface area contributed by atoms with Gasteiger partial charge in [0.05, 0.1) is 16.5 Å². The fourth-order valence-electron chi connectivity index (χ4n) is 3.30. The van der Waals surface area contributed by atoms with Crippen molar-refractivity contribution in [1.82, 2.24) is 10.6 Å². The zero-order valence-corrected chi connectivity index (χ0v) is 17.6. The van der Waals surface area contributed by atoms with Crippen LogP contribution in [0.3, 0.4) is 0 Å². The van der Waals surface area contributed by atoms with E-state index in [9.17, 15) is 18.3 Å². The van der Waals surface area contributed by atoms with Gasteiger partial charge >= 0.3 is 0 Å². The summed E-state index contributed by atoms with van der Waals surface area (Å²) < 4.78 is 23.5. The van der Waals surface area contributed by atoms with Crippen LogP contribution in [-0.2, 0) is 20.2 Å². The van der Waals surface area contributed by atoms with Crippen LogP contribution in [0.5, 0.6) is 0 Å². The number of piperidine rings is 1. The third-order valence-electron chi connectivity index (χ3n) is 4.75. The topological polar surface area (TPSA) is 133 Å². The monoisotopic (exact) mass is 434 g/mol.